The van der Waals surface area contributed by atoms with Crippen LogP contribution in [0.2, 0.25) is 0 Å². The second-order valence-electron chi connectivity index (χ2n) is 7.19. The van der Waals surface area contributed by atoms with Gasteiger partial charge in [-0.2, -0.15) is 4.31 Å². The van der Waals surface area contributed by atoms with E-state index in [-0.39, 0.29) is 11.7 Å². The average molecular weight is 465 g/mol. The summed E-state index contributed by atoms with van der Waals surface area (Å²) in [5.41, 5.74) is 2.60. The summed E-state index contributed by atoms with van der Waals surface area (Å²) in [7, 11) is -0.282. The predicted molar refractivity (Wildman–Crippen MR) is 123 cm³/mol. The molecule has 1 heterocycles. The molecule has 168 valence electrons. The molecule has 0 saturated carbocycles. The van der Waals surface area contributed by atoms with E-state index >= 15 is 0 Å². The second-order valence-corrected chi connectivity index (χ2v) is 10.1. The van der Waals surface area contributed by atoms with Crippen LogP contribution >= 0.6 is 11.8 Å². The number of amides is 1. The standard InChI is InChI=1S/C22H28N2O5S2/c1-28-19-13-16-9-11-24(15-17(16)14-20(19)29-2)31(26,27)12-6-10-23-22(25)18-7-4-5-8-21(18)30-3/h4-5,7-8,13-14H,6,9-12,15H2,1-3H3,(H,23,25). The molecule has 0 radical (unpaired) electrons. The summed E-state index contributed by atoms with van der Waals surface area (Å²) in [6, 6.07) is 11.1. The predicted octanol–water partition coefficient (Wildman–Crippen LogP) is 2.93. The van der Waals surface area contributed by atoms with E-state index in [4.69, 9.17) is 9.47 Å². The van der Waals surface area contributed by atoms with Gasteiger partial charge in [-0.05, 0) is 54.5 Å². The van der Waals surface area contributed by atoms with E-state index in [9.17, 15) is 13.2 Å². The van der Waals surface area contributed by atoms with E-state index in [0.717, 1.165) is 16.0 Å². The van der Waals surface area contributed by atoms with E-state index in [2.05, 4.69) is 5.32 Å². The van der Waals surface area contributed by atoms with Gasteiger partial charge in [-0.1, -0.05) is 12.1 Å². The van der Waals surface area contributed by atoms with E-state index < -0.39 is 10.0 Å². The first kappa shape index (κ1) is 23.4. The third kappa shape index (κ3) is 5.53. The molecule has 9 heteroatoms. The number of hydrogen-bond acceptors (Lipinski definition) is 6. The lowest BCUT2D eigenvalue weighted by molar-refractivity contribution is 0.0950. The first-order valence-electron chi connectivity index (χ1n) is 10.0. The second kappa shape index (κ2) is 10.4. The number of ether oxygens (including phenoxy) is 2. The van der Waals surface area contributed by atoms with Crippen LogP contribution in [0.3, 0.4) is 0 Å². The maximum atomic E-state index is 12.8. The van der Waals surface area contributed by atoms with Crippen molar-refractivity contribution in [2.24, 2.45) is 0 Å². The van der Waals surface area contributed by atoms with Crippen LogP contribution in [0.1, 0.15) is 27.9 Å². The summed E-state index contributed by atoms with van der Waals surface area (Å²) in [6.07, 6.45) is 2.89. The van der Waals surface area contributed by atoms with Crippen molar-refractivity contribution in [1.29, 1.82) is 0 Å². The summed E-state index contributed by atoms with van der Waals surface area (Å²) >= 11 is 1.51. The Labute approximate surface area is 188 Å². The Hall–Kier alpha value is -2.23. The molecule has 1 aliphatic rings. The van der Waals surface area contributed by atoms with Crippen LogP contribution in [-0.4, -0.2) is 57.9 Å². The molecule has 7 nitrogen and oxygen atoms in total. The molecule has 0 atom stereocenters. The van der Waals surface area contributed by atoms with Gasteiger partial charge in [0.2, 0.25) is 10.0 Å². The molecule has 0 spiro atoms. The molecule has 0 bridgehead atoms. The Bertz CT molecular complexity index is 1040. The molecular weight excluding hydrogens is 436 g/mol. The SMILES string of the molecule is COc1cc2c(cc1OC)CN(S(=O)(=O)CCCNC(=O)c1ccccc1SC)CC2. The average Bonchev–Trinajstić information content (AvgIpc) is 2.80. The van der Waals surface area contributed by atoms with Crippen LogP contribution in [0.15, 0.2) is 41.3 Å². The maximum Gasteiger partial charge on any atom is 0.252 e. The lowest BCUT2D eigenvalue weighted by atomic mass is 10.0. The summed E-state index contributed by atoms with van der Waals surface area (Å²) < 4.78 is 37.9. The third-order valence-electron chi connectivity index (χ3n) is 5.29. The lowest BCUT2D eigenvalue weighted by Crippen LogP contribution is -2.38. The van der Waals surface area contributed by atoms with Crippen molar-refractivity contribution in [2.45, 2.75) is 24.3 Å². The van der Waals surface area contributed by atoms with Crippen molar-refractivity contribution < 1.29 is 22.7 Å². The molecule has 1 aliphatic heterocycles. The highest BCUT2D eigenvalue weighted by Gasteiger charge is 2.27. The number of rotatable bonds is 9. The van der Waals surface area contributed by atoms with Crippen molar-refractivity contribution in [3.05, 3.63) is 53.1 Å². The highest BCUT2D eigenvalue weighted by Crippen LogP contribution is 2.33. The van der Waals surface area contributed by atoms with Gasteiger partial charge in [0.25, 0.3) is 5.91 Å². The summed E-state index contributed by atoms with van der Waals surface area (Å²) in [5.74, 6) is 1.04. The molecule has 3 rings (SSSR count). The van der Waals surface area contributed by atoms with Gasteiger partial charge in [-0.3, -0.25) is 4.79 Å². The Morgan fingerprint density at radius 1 is 1.13 bits per heavy atom. The fourth-order valence-corrected chi connectivity index (χ4v) is 5.68. The molecule has 0 aromatic heterocycles. The van der Waals surface area contributed by atoms with E-state index in [1.807, 2.05) is 36.6 Å². The zero-order chi connectivity index (χ0) is 22.4. The number of nitrogens with one attached hydrogen (secondary N) is 1. The van der Waals surface area contributed by atoms with Crippen LogP contribution in [0, 0.1) is 0 Å². The quantitative estimate of drug-likeness (QED) is 0.454. The zero-order valence-electron chi connectivity index (χ0n) is 18.0. The van der Waals surface area contributed by atoms with E-state index in [1.165, 1.54) is 16.1 Å². The number of nitrogens with zero attached hydrogens (tertiary/aromatic N) is 1. The van der Waals surface area contributed by atoms with E-state index in [0.29, 0.717) is 49.5 Å². The fourth-order valence-electron chi connectivity index (χ4n) is 3.61. The Balaban J connectivity index is 1.56. The van der Waals surface area contributed by atoms with Gasteiger partial charge >= 0.3 is 0 Å². The maximum absolute atomic E-state index is 12.8. The Morgan fingerprint density at radius 2 is 1.81 bits per heavy atom. The van der Waals surface area contributed by atoms with Crippen LogP contribution in [0.4, 0.5) is 0 Å². The number of carbonyl (C=O) groups excluding carboxylic acids is 1. The number of benzene rings is 2. The normalized spacial score (nSPS) is 14.0. The lowest BCUT2D eigenvalue weighted by Gasteiger charge is -2.29. The molecule has 31 heavy (non-hydrogen) atoms. The minimum atomic E-state index is -3.43. The first-order chi connectivity index (χ1) is 14.9. The number of thioether (sulfide) groups is 1. The topological polar surface area (TPSA) is 84.9 Å². The first-order valence-corrected chi connectivity index (χ1v) is 12.9. The van der Waals surface area contributed by atoms with Gasteiger partial charge in [0.1, 0.15) is 0 Å². The van der Waals surface area contributed by atoms with E-state index in [1.54, 1.807) is 20.3 Å². The number of methoxy groups -OCH3 is 2. The van der Waals surface area contributed by atoms with Crippen molar-refractivity contribution >= 4 is 27.7 Å². The minimum absolute atomic E-state index is 0.0138. The molecule has 2 aromatic carbocycles. The van der Waals surface area contributed by atoms with Crippen molar-refractivity contribution in [3.8, 4) is 11.5 Å². The van der Waals surface area contributed by atoms with Crippen molar-refractivity contribution in [1.82, 2.24) is 9.62 Å². The summed E-state index contributed by atoms with van der Waals surface area (Å²) in [4.78, 5) is 13.3. The highest BCUT2D eigenvalue weighted by molar-refractivity contribution is 7.98. The smallest absolute Gasteiger partial charge is 0.252 e. The van der Waals surface area contributed by atoms with Gasteiger partial charge in [-0.25, -0.2) is 8.42 Å². The zero-order valence-corrected chi connectivity index (χ0v) is 19.6. The molecule has 2 aromatic rings. The monoisotopic (exact) mass is 464 g/mol. The molecule has 1 amide bonds. The molecule has 0 unspecified atom stereocenters. The largest absolute Gasteiger partial charge is 0.493 e. The van der Waals surface area contributed by atoms with Crippen LogP contribution < -0.4 is 14.8 Å². The number of sulfonamides is 1. The number of hydrogen-bond donors (Lipinski definition) is 1. The molecule has 0 aliphatic carbocycles. The molecule has 1 N–H and O–H groups in total. The minimum Gasteiger partial charge on any atom is -0.493 e. The van der Waals surface area contributed by atoms with Gasteiger partial charge < -0.3 is 14.8 Å². The molecule has 0 saturated heterocycles. The summed E-state index contributed by atoms with van der Waals surface area (Å²) in [6.45, 7) is 1.04. The Kier molecular flexibility index (Phi) is 7.85. The van der Waals surface area contributed by atoms with Crippen molar-refractivity contribution in [3.63, 3.8) is 0 Å². The Morgan fingerprint density at radius 3 is 2.48 bits per heavy atom. The van der Waals surface area contributed by atoms with Crippen molar-refractivity contribution in [2.75, 3.05) is 39.3 Å². The molecule has 0 fully saturated rings. The van der Waals surface area contributed by atoms with Gasteiger partial charge in [-0.15, -0.1) is 11.8 Å². The van der Waals surface area contributed by atoms with Crippen LogP contribution in [-0.2, 0) is 23.0 Å². The van der Waals surface area contributed by atoms with Crippen LogP contribution in [0.5, 0.6) is 11.5 Å². The van der Waals surface area contributed by atoms with Gasteiger partial charge in [0.05, 0.1) is 25.5 Å². The molecular formula is C22H28N2O5S2. The number of fused-ring (bicyclic) bond motifs is 1. The van der Waals surface area contributed by atoms with Crippen LogP contribution in [0.25, 0.3) is 0 Å². The number of carbonyl (C=O) groups is 1. The fraction of sp³-hybridized carbons (Fsp3) is 0.409. The van der Waals surface area contributed by atoms with Gasteiger partial charge in [0, 0.05) is 24.5 Å². The highest BCUT2D eigenvalue weighted by atomic mass is 32.2. The van der Waals surface area contributed by atoms with Gasteiger partial charge in [0.15, 0.2) is 11.5 Å². The third-order valence-corrected chi connectivity index (χ3v) is 7.99. The summed E-state index contributed by atoms with van der Waals surface area (Å²) in [5, 5.41) is 2.83.